The Balaban J connectivity index is 1.59. The van der Waals surface area contributed by atoms with Crippen molar-refractivity contribution in [1.82, 2.24) is 15.3 Å². The second kappa shape index (κ2) is 5.36. The Morgan fingerprint density at radius 2 is 2.42 bits per heavy atom. The number of carbonyl (C=O) groups is 1. The molecule has 5 nitrogen and oxygen atoms in total. The fourth-order valence-corrected chi connectivity index (χ4v) is 2.87. The van der Waals surface area contributed by atoms with E-state index in [2.05, 4.69) is 20.2 Å². The second-order valence-corrected chi connectivity index (χ2v) is 5.33. The third-order valence-corrected chi connectivity index (χ3v) is 3.97. The second-order valence-electron chi connectivity index (χ2n) is 4.46. The Morgan fingerprint density at radius 3 is 3.16 bits per heavy atom. The van der Waals surface area contributed by atoms with Crippen molar-refractivity contribution in [2.45, 2.75) is 12.5 Å². The summed E-state index contributed by atoms with van der Waals surface area (Å²) >= 11 is 1.63. The standard InChI is InChI=1S/C13H14N4OS/c18-12(10-2-1-4-14-8-10)16-11-3-6-17(9-11)13-15-5-7-19-13/h1-2,4-5,7-8,11H,3,6,9H2,(H,16,18). The number of rotatable bonds is 3. The van der Waals surface area contributed by atoms with Crippen molar-refractivity contribution >= 4 is 22.4 Å². The quantitative estimate of drug-likeness (QED) is 0.922. The predicted molar refractivity (Wildman–Crippen MR) is 74.4 cm³/mol. The van der Waals surface area contributed by atoms with E-state index in [9.17, 15) is 4.79 Å². The van der Waals surface area contributed by atoms with Crippen LogP contribution in [0.1, 0.15) is 16.8 Å². The van der Waals surface area contributed by atoms with Crippen molar-refractivity contribution in [3.05, 3.63) is 41.7 Å². The van der Waals surface area contributed by atoms with Crippen LogP contribution in [-0.4, -0.2) is 35.0 Å². The molecule has 2 aromatic rings. The highest BCUT2D eigenvalue weighted by Gasteiger charge is 2.25. The van der Waals surface area contributed by atoms with Crippen LogP contribution < -0.4 is 10.2 Å². The molecule has 3 rings (SSSR count). The molecule has 1 unspecified atom stereocenters. The molecular formula is C13H14N4OS. The summed E-state index contributed by atoms with van der Waals surface area (Å²) < 4.78 is 0. The van der Waals surface area contributed by atoms with Crippen molar-refractivity contribution in [3.8, 4) is 0 Å². The first-order valence-electron chi connectivity index (χ1n) is 6.18. The Hall–Kier alpha value is -1.95. The Labute approximate surface area is 115 Å². The average Bonchev–Trinajstić information content (AvgIpc) is 3.10. The number of thiazole rings is 1. The molecule has 0 saturated carbocycles. The van der Waals surface area contributed by atoms with Crippen LogP contribution in [0.2, 0.25) is 0 Å². The van der Waals surface area contributed by atoms with E-state index in [0.29, 0.717) is 5.56 Å². The number of hydrogen-bond donors (Lipinski definition) is 1. The minimum atomic E-state index is -0.0564. The summed E-state index contributed by atoms with van der Waals surface area (Å²) in [6.45, 7) is 1.75. The lowest BCUT2D eigenvalue weighted by atomic mass is 10.2. The van der Waals surface area contributed by atoms with Crippen LogP contribution in [0.25, 0.3) is 0 Å². The van der Waals surface area contributed by atoms with Gasteiger partial charge >= 0.3 is 0 Å². The fourth-order valence-electron chi connectivity index (χ4n) is 2.19. The first kappa shape index (κ1) is 12.1. The molecule has 1 fully saturated rings. The largest absolute Gasteiger partial charge is 0.347 e. The Morgan fingerprint density at radius 1 is 1.47 bits per heavy atom. The fraction of sp³-hybridized carbons (Fsp3) is 0.308. The van der Waals surface area contributed by atoms with Crippen LogP contribution >= 0.6 is 11.3 Å². The van der Waals surface area contributed by atoms with Crippen LogP contribution in [-0.2, 0) is 0 Å². The lowest BCUT2D eigenvalue weighted by Crippen LogP contribution is -2.37. The summed E-state index contributed by atoms with van der Waals surface area (Å²) in [7, 11) is 0. The number of anilines is 1. The van der Waals surface area contributed by atoms with Gasteiger partial charge in [-0.05, 0) is 18.6 Å². The van der Waals surface area contributed by atoms with Gasteiger partial charge in [-0.1, -0.05) is 0 Å². The predicted octanol–water partition coefficient (Wildman–Crippen LogP) is 1.55. The molecule has 0 aromatic carbocycles. The third kappa shape index (κ3) is 2.73. The van der Waals surface area contributed by atoms with Gasteiger partial charge in [0.15, 0.2) is 5.13 Å². The summed E-state index contributed by atoms with van der Waals surface area (Å²) in [5.41, 5.74) is 0.607. The Bertz CT molecular complexity index is 543. The van der Waals surface area contributed by atoms with Crippen LogP contribution in [0, 0.1) is 0 Å². The lowest BCUT2D eigenvalue weighted by Gasteiger charge is -2.15. The van der Waals surface area contributed by atoms with Gasteiger partial charge in [-0.3, -0.25) is 9.78 Å². The van der Waals surface area contributed by atoms with Gasteiger partial charge in [0.25, 0.3) is 5.91 Å². The summed E-state index contributed by atoms with van der Waals surface area (Å²) in [4.78, 5) is 22.5. The molecule has 98 valence electrons. The first-order chi connectivity index (χ1) is 9.33. The minimum absolute atomic E-state index is 0.0564. The number of pyridine rings is 1. The molecule has 1 aliphatic heterocycles. The maximum absolute atomic E-state index is 12.0. The number of carbonyl (C=O) groups excluding carboxylic acids is 1. The van der Waals surface area contributed by atoms with Crippen LogP contribution in [0.3, 0.4) is 0 Å². The maximum atomic E-state index is 12.0. The van der Waals surface area contributed by atoms with Gasteiger partial charge in [0.05, 0.1) is 5.56 Å². The number of nitrogens with one attached hydrogen (secondary N) is 1. The van der Waals surface area contributed by atoms with Crippen molar-refractivity contribution in [2.75, 3.05) is 18.0 Å². The monoisotopic (exact) mass is 274 g/mol. The van der Waals surface area contributed by atoms with Gasteiger partial charge < -0.3 is 10.2 Å². The highest BCUT2D eigenvalue weighted by molar-refractivity contribution is 7.13. The first-order valence-corrected chi connectivity index (χ1v) is 7.06. The molecule has 0 bridgehead atoms. The van der Waals surface area contributed by atoms with Gasteiger partial charge in [-0.15, -0.1) is 11.3 Å². The van der Waals surface area contributed by atoms with E-state index in [1.54, 1.807) is 35.9 Å². The van der Waals surface area contributed by atoms with Crippen LogP contribution in [0.15, 0.2) is 36.1 Å². The minimum Gasteiger partial charge on any atom is -0.347 e. The maximum Gasteiger partial charge on any atom is 0.253 e. The number of aromatic nitrogens is 2. The average molecular weight is 274 g/mol. The normalized spacial score (nSPS) is 18.5. The molecule has 1 aliphatic rings. The zero-order chi connectivity index (χ0) is 13.1. The topological polar surface area (TPSA) is 58.1 Å². The van der Waals surface area contributed by atoms with E-state index >= 15 is 0 Å². The number of amides is 1. The van der Waals surface area contributed by atoms with Crippen LogP contribution in [0.5, 0.6) is 0 Å². The zero-order valence-electron chi connectivity index (χ0n) is 10.3. The zero-order valence-corrected chi connectivity index (χ0v) is 11.1. The Kier molecular flexibility index (Phi) is 3.41. The van der Waals surface area contributed by atoms with Crippen LogP contribution in [0.4, 0.5) is 5.13 Å². The van der Waals surface area contributed by atoms with Gasteiger partial charge in [0.1, 0.15) is 0 Å². The molecule has 2 aromatic heterocycles. The molecule has 0 aliphatic carbocycles. The van der Waals surface area contributed by atoms with E-state index in [1.807, 2.05) is 11.6 Å². The summed E-state index contributed by atoms with van der Waals surface area (Å²) in [5, 5.41) is 6.04. The molecule has 1 saturated heterocycles. The van der Waals surface area contributed by atoms with Crippen molar-refractivity contribution in [1.29, 1.82) is 0 Å². The third-order valence-electron chi connectivity index (χ3n) is 3.14. The molecule has 6 heteroatoms. The number of hydrogen-bond acceptors (Lipinski definition) is 5. The van der Waals surface area contributed by atoms with Gasteiger partial charge in [-0.25, -0.2) is 4.98 Å². The van der Waals surface area contributed by atoms with E-state index in [-0.39, 0.29) is 11.9 Å². The SMILES string of the molecule is O=C(NC1CCN(c2nccs2)C1)c1cccnc1. The molecule has 1 amide bonds. The highest BCUT2D eigenvalue weighted by Crippen LogP contribution is 2.22. The summed E-state index contributed by atoms with van der Waals surface area (Å²) in [6.07, 6.45) is 6.01. The summed E-state index contributed by atoms with van der Waals surface area (Å²) in [5.74, 6) is -0.0564. The van der Waals surface area contributed by atoms with E-state index in [1.165, 1.54) is 0 Å². The molecular weight excluding hydrogens is 260 g/mol. The lowest BCUT2D eigenvalue weighted by molar-refractivity contribution is 0.0940. The highest BCUT2D eigenvalue weighted by atomic mass is 32.1. The molecule has 1 atom stereocenters. The molecule has 0 radical (unpaired) electrons. The van der Waals surface area contributed by atoms with E-state index < -0.39 is 0 Å². The smallest absolute Gasteiger partial charge is 0.253 e. The summed E-state index contributed by atoms with van der Waals surface area (Å²) in [6, 6.07) is 3.72. The van der Waals surface area contributed by atoms with Crippen molar-refractivity contribution in [3.63, 3.8) is 0 Å². The van der Waals surface area contributed by atoms with E-state index in [0.717, 1.165) is 24.6 Å². The molecule has 3 heterocycles. The molecule has 19 heavy (non-hydrogen) atoms. The molecule has 1 N–H and O–H groups in total. The molecule has 0 spiro atoms. The van der Waals surface area contributed by atoms with Gasteiger partial charge in [0, 0.05) is 43.1 Å². The van der Waals surface area contributed by atoms with Gasteiger partial charge in [-0.2, -0.15) is 0 Å². The van der Waals surface area contributed by atoms with E-state index in [4.69, 9.17) is 0 Å². The van der Waals surface area contributed by atoms with Crippen molar-refractivity contribution in [2.24, 2.45) is 0 Å². The number of nitrogens with zero attached hydrogens (tertiary/aromatic N) is 3. The van der Waals surface area contributed by atoms with Crippen molar-refractivity contribution < 1.29 is 4.79 Å². The van der Waals surface area contributed by atoms with Gasteiger partial charge in [0.2, 0.25) is 0 Å².